The Balaban J connectivity index is 0.00000264. The standard InChI is InChI=1S/C36H36N4O2.2Co/c1-35(2,3)27-15-23-19-37-29-11-7-9-13-31(29)39-21-25-17-28(36(4,5)6)18-26(34(25)42)22-40-32-14-10-8-12-30(32)38-20-24(16-27)33(23)41;;/h7-22,41-42H,1-6H3;;. The number of hydrogen-bond acceptors (Lipinski definition) is 6. The zero-order valence-corrected chi connectivity index (χ0v) is 27.7. The van der Waals surface area contributed by atoms with Gasteiger partial charge in [-0.15, -0.1) is 0 Å². The third kappa shape index (κ3) is 7.81. The van der Waals surface area contributed by atoms with Gasteiger partial charge < -0.3 is 10.2 Å². The van der Waals surface area contributed by atoms with E-state index in [0.717, 1.165) is 11.1 Å². The minimum atomic E-state index is -0.166. The van der Waals surface area contributed by atoms with Gasteiger partial charge in [0.15, 0.2) is 0 Å². The third-order valence-corrected chi connectivity index (χ3v) is 7.20. The molecule has 0 unspecified atom stereocenters. The molecule has 0 saturated heterocycles. The van der Waals surface area contributed by atoms with Gasteiger partial charge in [-0.3, -0.25) is 19.9 Å². The maximum Gasteiger partial charge on any atom is 0.133 e. The summed E-state index contributed by atoms with van der Waals surface area (Å²) in [7, 11) is 0. The van der Waals surface area contributed by atoms with Gasteiger partial charge in [0.2, 0.25) is 0 Å². The predicted molar refractivity (Wildman–Crippen MR) is 172 cm³/mol. The molecule has 44 heavy (non-hydrogen) atoms. The van der Waals surface area contributed by atoms with Crippen LogP contribution in [0, 0.1) is 0 Å². The van der Waals surface area contributed by atoms with Crippen molar-refractivity contribution < 1.29 is 43.8 Å². The fraction of sp³-hybridized carbons (Fsp3) is 0.222. The maximum absolute atomic E-state index is 11.3. The maximum atomic E-state index is 11.3. The third-order valence-electron chi connectivity index (χ3n) is 7.20. The minimum absolute atomic E-state index is 0. The Morgan fingerprint density at radius 2 is 0.659 bits per heavy atom. The second kappa shape index (κ2) is 13.9. The number of phenolic OH excluding ortho intramolecular Hbond substituents is 2. The quantitative estimate of drug-likeness (QED) is 0.171. The molecule has 0 aliphatic heterocycles. The molecule has 6 nitrogen and oxygen atoms in total. The topological polar surface area (TPSA) is 92.0 Å². The van der Waals surface area contributed by atoms with E-state index < -0.39 is 0 Å². The van der Waals surface area contributed by atoms with Gasteiger partial charge in [0.1, 0.15) is 11.5 Å². The summed E-state index contributed by atoms with van der Waals surface area (Å²) >= 11 is 0. The first-order valence-electron chi connectivity index (χ1n) is 14.0. The SMILES string of the molecule is CC(C)(C)c1cc2cnc3ccccc3ncc3cc(C(C)(C)C)cc(cnc4ccccc4ncc(c1)c2O)c3O.[Co].[Co]. The zero-order valence-electron chi connectivity index (χ0n) is 25.6. The molecular formula is C36H36Co2N4O2. The van der Waals surface area contributed by atoms with Crippen molar-refractivity contribution in [2.24, 2.45) is 0 Å². The van der Waals surface area contributed by atoms with Crippen LogP contribution in [0.4, 0.5) is 0 Å². The second-order valence-corrected chi connectivity index (χ2v) is 12.5. The van der Waals surface area contributed by atoms with Crippen molar-refractivity contribution >= 4 is 43.6 Å². The summed E-state index contributed by atoms with van der Waals surface area (Å²) in [6.45, 7) is 12.8. The Hall–Kier alpha value is -3.83. The Bertz CT molecular complexity index is 1730. The van der Waals surface area contributed by atoms with Crippen LogP contribution < -0.4 is 0 Å². The molecule has 5 aromatic rings. The number of hydrogen-bond donors (Lipinski definition) is 2. The van der Waals surface area contributed by atoms with Crippen molar-refractivity contribution in [1.82, 2.24) is 19.9 Å². The number of aromatic nitrogens is 4. The van der Waals surface area contributed by atoms with Gasteiger partial charge in [-0.05, 0) is 70.5 Å². The van der Waals surface area contributed by atoms with Crippen LogP contribution in [-0.4, -0.2) is 30.1 Å². The number of fused-ring (bicyclic) bond motifs is 6. The molecule has 1 heterocycles. The molecule has 0 spiro atoms. The minimum Gasteiger partial charge on any atom is -0.507 e. The summed E-state index contributed by atoms with van der Waals surface area (Å²) in [5.74, 6) is 0.182. The van der Waals surface area contributed by atoms with Crippen LogP contribution in [0.1, 0.15) is 52.7 Å². The van der Waals surface area contributed by atoms with E-state index in [1.807, 2.05) is 72.8 Å². The largest absolute Gasteiger partial charge is 0.507 e. The summed E-state index contributed by atoms with van der Waals surface area (Å²) in [6, 6.07) is 22.9. The Kier molecular flexibility index (Phi) is 10.9. The molecule has 1 aromatic heterocycles. The van der Waals surface area contributed by atoms with E-state index in [1.165, 1.54) is 0 Å². The van der Waals surface area contributed by atoms with E-state index in [0.29, 0.717) is 43.6 Å². The van der Waals surface area contributed by atoms with Crippen LogP contribution >= 0.6 is 0 Å². The second-order valence-electron chi connectivity index (χ2n) is 12.5. The fourth-order valence-electron chi connectivity index (χ4n) is 4.54. The molecule has 0 amide bonds. The first-order valence-corrected chi connectivity index (χ1v) is 14.0. The van der Waals surface area contributed by atoms with Gasteiger partial charge in [-0.1, -0.05) is 65.8 Å². The molecule has 0 aliphatic rings. The number of benzene rings is 4. The van der Waals surface area contributed by atoms with Crippen LogP contribution in [0.15, 0.2) is 97.6 Å². The molecular weight excluding hydrogens is 638 g/mol. The van der Waals surface area contributed by atoms with Crippen molar-refractivity contribution in [1.29, 1.82) is 0 Å². The molecule has 2 N–H and O–H groups in total. The van der Waals surface area contributed by atoms with E-state index in [2.05, 4.69) is 41.5 Å². The number of rotatable bonds is 0. The van der Waals surface area contributed by atoms with Crippen LogP contribution in [0.3, 0.4) is 0 Å². The van der Waals surface area contributed by atoms with E-state index in [-0.39, 0.29) is 55.9 Å². The molecule has 0 atom stereocenters. The molecule has 4 aromatic carbocycles. The molecule has 0 saturated carbocycles. The predicted octanol–water partition coefficient (Wildman–Crippen LogP) is 8.69. The summed E-state index contributed by atoms with van der Waals surface area (Å²) < 4.78 is 0. The summed E-state index contributed by atoms with van der Waals surface area (Å²) in [5.41, 5.74) is 4.28. The normalized spacial score (nSPS) is 11.2. The number of nitrogens with zero attached hydrogens (tertiary/aromatic N) is 4. The summed E-state index contributed by atoms with van der Waals surface area (Å²) in [5, 5.41) is 24.8. The average Bonchev–Trinajstić information content (AvgIpc) is 2.94. The summed E-state index contributed by atoms with van der Waals surface area (Å²) in [4.78, 5) is 18.9. The van der Waals surface area contributed by atoms with Gasteiger partial charge in [0.25, 0.3) is 0 Å². The van der Waals surface area contributed by atoms with Crippen molar-refractivity contribution in [3.63, 3.8) is 0 Å². The van der Waals surface area contributed by atoms with Crippen molar-refractivity contribution in [2.75, 3.05) is 0 Å². The monoisotopic (exact) mass is 674 g/mol. The number of aromatic hydroxyl groups is 2. The van der Waals surface area contributed by atoms with Gasteiger partial charge in [0.05, 0.1) is 22.1 Å². The van der Waals surface area contributed by atoms with Crippen LogP contribution in [0.5, 0.6) is 11.5 Å². The Labute approximate surface area is 278 Å². The van der Waals surface area contributed by atoms with E-state index in [1.54, 1.807) is 24.8 Å². The molecule has 230 valence electrons. The van der Waals surface area contributed by atoms with E-state index in [9.17, 15) is 10.2 Å². The first-order chi connectivity index (χ1) is 19.9. The Morgan fingerprint density at radius 1 is 0.432 bits per heavy atom. The molecule has 8 heteroatoms. The van der Waals surface area contributed by atoms with Crippen LogP contribution in [0.25, 0.3) is 43.6 Å². The first kappa shape index (κ1) is 34.7. The van der Waals surface area contributed by atoms with Crippen molar-refractivity contribution in [3.05, 3.63) is 109 Å². The number of para-hydroxylation sites is 4. The van der Waals surface area contributed by atoms with Gasteiger partial charge in [-0.2, -0.15) is 0 Å². The zero-order chi connectivity index (χ0) is 30.1. The van der Waals surface area contributed by atoms with Crippen LogP contribution in [0.2, 0.25) is 0 Å². The summed E-state index contributed by atoms with van der Waals surface area (Å²) in [6.07, 6.45) is 6.64. The van der Waals surface area contributed by atoms with Gasteiger partial charge >= 0.3 is 0 Å². The molecule has 2 radical (unpaired) electrons. The van der Waals surface area contributed by atoms with Crippen molar-refractivity contribution in [3.8, 4) is 11.5 Å². The fourth-order valence-corrected chi connectivity index (χ4v) is 4.54. The molecule has 5 rings (SSSR count). The van der Waals surface area contributed by atoms with E-state index in [4.69, 9.17) is 19.9 Å². The molecule has 0 fully saturated rings. The Morgan fingerprint density at radius 3 is 0.864 bits per heavy atom. The van der Waals surface area contributed by atoms with Gasteiger partial charge in [-0.25, -0.2) is 0 Å². The molecule has 4 bridgehead atoms. The average molecular weight is 675 g/mol. The van der Waals surface area contributed by atoms with E-state index >= 15 is 0 Å². The van der Waals surface area contributed by atoms with Gasteiger partial charge in [0, 0.05) is 79.9 Å². The number of phenols is 2. The smallest absolute Gasteiger partial charge is 0.133 e. The molecule has 0 aliphatic carbocycles. The van der Waals surface area contributed by atoms with Crippen molar-refractivity contribution in [2.45, 2.75) is 52.4 Å². The van der Waals surface area contributed by atoms with Crippen LogP contribution in [-0.2, 0) is 44.4 Å².